The summed E-state index contributed by atoms with van der Waals surface area (Å²) in [5.41, 5.74) is 3.53. The van der Waals surface area contributed by atoms with Gasteiger partial charge in [-0.05, 0) is 49.6 Å². The third-order valence-electron chi connectivity index (χ3n) is 5.85. The minimum atomic E-state index is -0.249. The zero-order valence-electron chi connectivity index (χ0n) is 17.7. The molecule has 6 nitrogen and oxygen atoms in total. The van der Waals surface area contributed by atoms with Crippen LogP contribution in [0.25, 0.3) is 5.69 Å². The van der Waals surface area contributed by atoms with Gasteiger partial charge < -0.3 is 19.9 Å². The molecule has 1 fully saturated rings. The summed E-state index contributed by atoms with van der Waals surface area (Å²) in [6.07, 6.45) is 1.64. The van der Waals surface area contributed by atoms with Gasteiger partial charge in [-0.15, -0.1) is 0 Å². The Morgan fingerprint density at radius 3 is 2.52 bits per heavy atom. The van der Waals surface area contributed by atoms with E-state index >= 15 is 0 Å². The molecule has 0 unspecified atom stereocenters. The largest absolute Gasteiger partial charge is 0.489 e. The van der Waals surface area contributed by atoms with Crippen molar-refractivity contribution in [3.05, 3.63) is 76.6 Å². The first-order valence-electron chi connectivity index (χ1n) is 10.5. The van der Waals surface area contributed by atoms with Crippen LogP contribution >= 0.6 is 11.6 Å². The van der Waals surface area contributed by atoms with E-state index in [-0.39, 0.29) is 12.1 Å². The standard InChI is InChI=1S/C24H28ClN3O3/c1-18-22(23(25)28(27-18)20-5-3-2-4-6-20)16-31-21-9-7-19(8-10-21)15-26-24(17-29)11-13-30-14-12-24/h2-10,26,29H,11-17H2,1H3. The molecule has 0 aliphatic carbocycles. The molecule has 1 aromatic heterocycles. The Kier molecular flexibility index (Phi) is 6.92. The van der Waals surface area contributed by atoms with Crippen LogP contribution in [-0.4, -0.2) is 40.2 Å². The van der Waals surface area contributed by atoms with E-state index in [0.29, 0.717) is 31.5 Å². The SMILES string of the molecule is Cc1nn(-c2ccccc2)c(Cl)c1COc1ccc(CNC2(CO)CCOCC2)cc1. The highest BCUT2D eigenvalue weighted by molar-refractivity contribution is 6.30. The van der Waals surface area contributed by atoms with Gasteiger partial charge in [0, 0.05) is 30.9 Å². The molecule has 164 valence electrons. The monoisotopic (exact) mass is 441 g/mol. The summed E-state index contributed by atoms with van der Waals surface area (Å²) < 4.78 is 13.1. The maximum Gasteiger partial charge on any atom is 0.139 e. The number of aryl methyl sites for hydroxylation is 1. The lowest BCUT2D eigenvalue weighted by Crippen LogP contribution is -2.51. The number of para-hydroxylation sites is 1. The summed E-state index contributed by atoms with van der Waals surface area (Å²) >= 11 is 6.58. The predicted molar refractivity (Wildman–Crippen MR) is 121 cm³/mol. The summed E-state index contributed by atoms with van der Waals surface area (Å²) in [6.45, 7) is 4.46. The van der Waals surface area contributed by atoms with E-state index in [4.69, 9.17) is 21.1 Å². The minimum absolute atomic E-state index is 0.119. The Hall–Kier alpha value is -2.38. The summed E-state index contributed by atoms with van der Waals surface area (Å²) in [7, 11) is 0. The van der Waals surface area contributed by atoms with Crippen LogP contribution in [0.4, 0.5) is 0 Å². The maximum atomic E-state index is 9.81. The van der Waals surface area contributed by atoms with Crippen LogP contribution in [-0.2, 0) is 17.9 Å². The minimum Gasteiger partial charge on any atom is -0.489 e. The summed E-state index contributed by atoms with van der Waals surface area (Å²) in [5.74, 6) is 0.773. The highest BCUT2D eigenvalue weighted by Crippen LogP contribution is 2.25. The Labute approximate surface area is 187 Å². The maximum absolute atomic E-state index is 9.81. The van der Waals surface area contributed by atoms with Crippen molar-refractivity contribution < 1.29 is 14.6 Å². The van der Waals surface area contributed by atoms with Crippen LogP contribution in [0, 0.1) is 6.92 Å². The molecular formula is C24H28ClN3O3. The van der Waals surface area contributed by atoms with Crippen LogP contribution in [0.2, 0.25) is 5.15 Å². The fraction of sp³-hybridized carbons (Fsp3) is 0.375. The van der Waals surface area contributed by atoms with Crippen molar-refractivity contribution in [2.75, 3.05) is 19.8 Å². The molecule has 1 saturated heterocycles. The summed E-state index contributed by atoms with van der Waals surface area (Å²) in [4.78, 5) is 0. The smallest absolute Gasteiger partial charge is 0.139 e. The lowest BCUT2D eigenvalue weighted by atomic mass is 9.91. The van der Waals surface area contributed by atoms with Gasteiger partial charge in [-0.2, -0.15) is 5.10 Å². The lowest BCUT2D eigenvalue weighted by molar-refractivity contribution is 0.0112. The van der Waals surface area contributed by atoms with Gasteiger partial charge in [-0.1, -0.05) is 41.9 Å². The number of ether oxygens (including phenoxy) is 2. The number of aromatic nitrogens is 2. The highest BCUT2D eigenvalue weighted by Gasteiger charge is 2.31. The number of benzene rings is 2. The molecule has 0 spiro atoms. The molecule has 0 amide bonds. The third-order valence-corrected chi connectivity index (χ3v) is 6.24. The van der Waals surface area contributed by atoms with E-state index in [1.54, 1.807) is 4.68 Å². The molecule has 3 aromatic rings. The van der Waals surface area contributed by atoms with Crippen LogP contribution in [0.5, 0.6) is 5.75 Å². The second kappa shape index (κ2) is 9.83. The van der Waals surface area contributed by atoms with Crippen LogP contribution < -0.4 is 10.1 Å². The van der Waals surface area contributed by atoms with Crippen LogP contribution in [0.15, 0.2) is 54.6 Å². The van der Waals surface area contributed by atoms with Gasteiger partial charge in [0.1, 0.15) is 17.5 Å². The molecule has 0 bridgehead atoms. The number of rotatable bonds is 8. The molecule has 2 aromatic carbocycles. The van der Waals surface area contributed by atoms with Gasteiger partial charge in [0.15, 0.2) is 0 Å². The first kappa shape index (κ1) is 21.8. The normalized spacial score (nSPS) is 15.7. The Morgan fingerprint density at radius 1 is 1.13 bits per heavy atom. The van der Waals surface area contributed by atoms with Gasteiger partial charge in [-0.3, -0.25) is 0 Å². The molecule has 1 aliphatic rings. The number of hydrogen-bond donors (Lipinski definition) is 2. The zero-order valence-corrected chi connectivity index (χ0v) is 18.4. The number of hydrogen-bond acceptors (Lipinski definition) is 5. The van der Waals surface area contributed by atoms with Crippen LogP contribution in [0.1, 0.15) is 29.7 Å². The first-order chi connectivity index (χ1) is 15.1. The molecule has 2 heterocycles. The average Bonchev–Trinajstić information content (AvgIpc) is 3.11. The summed E-state index contributed by atoms with van der Waals surface area (Å²) in [5, 5.41) is 18.4. The zero-order chi connectivity index (χ0) is 21.7. The van der Waals surface area contributed by atoms with Crippen molar-refractivity contribution in [3.8, 4) is 11.4 Å². The van der Waals surface area contributed by atoms with Gasteiger partial charge in [0.25, 0.3) is 0 Å². The predicted octanol–water partition coefficient (Wildman–Crippen LogP) is 4.04. The van der Waals surface area contributed by atoms with Crippen LogP contribution in [0.3, 0.4) is 0 Å². The Bertz CT molecular complexity index is 983. The lowest BCUT2D eigenvalue weighted by Gasteiger charge is -2.36. The van der Waals surface area contributed by atoms with Gasteiger partial charge in [-0.25, -0.2) is 4.68 Å². The fourth-order valence-electron chi connectivity index (χ4n) is 3.74. The van der Waals surface area contributed by atoms with Gasteiger partial charge >= 0.3 is 0 Å². The number of aliphatic hydroxyl groups is 1. The fourth-order valence-corrected chi connectivity index (χ4v) is 4.06. The van der Waals surface area contributed by atoms with Crippen molar-refractivity contribution in [1.29, 1.82) is 0 Å². The van der Waals surface area contributed by atoms with E-state index in [0.717, 1.165) is 41.1 Å². The molecule has 7 heteroatoms. The quantitative estimate of drug-likeness (QED) is 0.552. The van der Waals surface area contributed by atoms with E-state index < -0.39 is 0 Å². The average molecular weight is 442 g/mol. The van der Waals surface area contributed by atoms with Crippen molar-refractivity contribution in [2.24, 2.45) is 0 Å². The van der Waals surface area contributed by atoms with E-state index in [9.17, 15) is 5.11 Å². The van der Waals surface area contributed by atoms with Crippen molar-refractivity contribution in [2.45, 2.75) is 38.5 Å². The first-order valence-corrected chi connectivity index (χ1v) is 10.9. The van der Waals surface area contributed by atoms with Crippen molar-refractivity contribution in [3.63, 3.8) is 0 Å². The Morgan fingerprint density at radius 2 is 1.84 bits per heavy atom. The molecule has 4 rings (SSSR count). The molecule has 0 radical (unpaired) electrons. The number of nitrogens with zero attached hydrogens (tertiary/aromatic N) is 2. The van der Waals surface area contributed by atoms with Crippen molar-refractivity contribution >= 4 is 11.6 Å². The second-order valence-electron chi connectivity index (χ2n) is 7.94. The topological polar surface area (TPSA) is 68.5 Å². The Balaban J connectivity index is 1.36. The number of halogens is 1. The van der Waals surface area contributed by atoms with Gasteiger partial charge in [0.05, 0.1) is 18.0 Å². The molecule has 1 aliphatic heterocycles. The molecule has 2 N–H and O–H groups in total. The number of nitrogens with one attached hydrogen (secondary N) is 1. The highest BCUT2D eigenvalue weighted by atomic mass is 35.5. The van der Waals surface area contributed by atoms with Gasteiger partial charge in [0.2, 0.25) is 0 Å². The number of aliphatic hydroxyl groups excluding tert-OH is 1. The second-order valence-corrected chi connectivity index (χ2v) is 8.30. The third kappa shape index (κ3) is 5.10. The van der Waals surface area contributed by atoms with E-state index in [1.165, 1.54) is 0 Å². The van der Waals surface area contributed by atoms with E-state index in [1.807, 2.05) is 61.5 Å². The molecule has 0 saturated carbocycles. The van der Waals surface area contributed by atoms with Crippen molar-refractivity contribution in [1.82, 2.24) is 15.1 Å². The molecule has 31 heavy (non-hydrogen) atoms. The van der Waals surface area contributed by atoms with E-state index in [2.05, 4.69) is 10.4 Å². The molecular weight excluding hydrogens is 414 g/mol. The summed E-state index contributed by atoms with van der Waals surface area (Å²) in [6, 6.07) is 17.8. The molecule has 0 atom stereocenters.